The van der Waals surface area contributed by atoms with E-state index in [9.17, 15) is 9.59 Å². The van der Waals surface area contributed by atoms with E-state index < -0.39 is 0 Å². The van der Waals surface area contributed by atoms with Gasteiger partial charge in [0.25, 0.3) is 11.8 Å². The van der Waals surface area contributed by atoms with E-state index in [4.69, 9.17) is 4.42 Å². The smallest absolute Gasteiger partial charge is 0.289 e. The minimum Gasteiger partial charge on any atom is -0.444 e. The van der Waals surface area contributed by atoms with E-state index >= 15 is 0 Å². The fourth-order valence-corrected chi connectivity index (χ4v) is 3.91. The van der Waals surface area contributed by atoms with Crippen LogP contribution in [0.2, 0.25) is 0 Å². The van der Waals surface area contributed by atoms with Crippen molar-refractivity contribution in [2.45, 2.75) is 13.0 Å². The van der Waals surface area contributed by atoms with Gasteiger partial charge in [-0.1, -0.05) is 11.3 Å². The molecule has 0 atom stereocenters. The first-order valence-corrected chi connectivity index (χ1v) is 9.31. The molecule has 10 heteroatoms. The molecular weight excluding hydrogens is 422 g/mol. The summed E-state index contributed by atoms with van der Waals surface area (Å²) >= 11 is 4.56. The molecule has 3 aromatic rings. The summed E-state index contributed by atoms with van der Waals surface area (Å²) in [5.74, 6) is -0.238. The van der Waals surface area contributed by atoms with Gasteiger partial charge in [-0.05, 0) is 28.1 Å². The third kappa shape index (κ3) is 3.37. The number of amides is 2. The molecule has 3 aromatic heterocycles. The van der Waals surface area contributed by atoms with E-state index in [2.05, 4.69) is 36.2 Å². The van der Waals surface area contributed by atoms with Gasteiger partial charge in [0.05, 0.1) is 18.4 Å². The van der Waals surface area contributed by atoms with Crippen molar-refractivity contribution >= 4 is 44.2 Å². The van der Waals surface area contributed by atoms with E-state index in [1.807, 2.05) is 0 Å². The predicted molar refractivity (Wildman–Crippen MR) is 97.0 cm³/mol. The van der Waals surface area contributed by atoms with Crippen molar-refractivity contribution in [2.75, 3.05) is 11.9 Å². The van der Waals surface area contributed by atoms with Gasteiger partial charge < -0.3 is 9.32 Å². The molecule has 0 radical (unpaired) electrons. The Labute approximate surface area is 160 Å². The Morgan fingerprint density at radius 1 is 1.31 bits per heavy atom. The molecule has 4 heterocycles. The zero-order valence-electron chi connectivity index (χ0n) is 13.3. The lowest BCUT2D eigenvalue weighted by atomic mass is 10.1. The molecule has 1 aliphatic heterocycles. The lowest BCUT2D eigenvalue weighted by molar-refractivity contribution is 0.0702. The Morgan fingerprint density at radius 2 is 2.19 bits per heavy atom. The van der Waals surface area contributed by atoms with Crippen LogP contribution in [0.3, 0.4) is 0 Å². The number of nitrogens with one attached hydrogen (secondary N) is 1. The second-order valence-electron chi connectivity index (χ2n) is 5.51. The maximum Gasteiger partial charge on any atom is 0.289 e. The molecule has 1 N–H and O–H groups in total. The Kier molecular flexibility index (Phi) is 4.51. The number of furan rings is 1. The van der Waals surface area contributed by atoms with Gasteiger partial charge >= 0.3 is 0 Å². The molecule has 0 aliphatic carbocycles. The number of fused-ring (bicyclic) bond motifs is 1. The van der Waals surface area contributed by atoms with Crippen LogP contribution in [0.1, 0.15) is 31.6 Å². The number of aromatic nitrogens is 3. The average molecular weight is 434 g/mol. The number of hydrogen-bond acceptors (Lipinski definition) is 7. The lowest BCUT2D eigenvalue weighted by Gasteiger charge is -2.25. The van der Waals surface area contributed by atoms with Gasteiger partial charge in [-0.3, -0.25) is 19.9 Å². The number of carbonyl (C=O) groups is 2. The fourth-order valence-electron chi connectivity index (χ4n) is 2.58. The van der Waals surface area contributed by atoms with Crippen molar-refractivity contribution in [1.29, 1.82) is 0 Å². The number of halogens is 1. The number of carbonyl (C=O) groups excluding carboxylic acids is 2. The van der Waals surface area contributed by atoms with E-state index in [0.717, 1.165) is 10.6 Å². The van der Waals surface area contributed by atoms with Crippen LogP contribution in [0, 0.1) is 0 Å². The van der Waals surface area contributed by atoms with Crippen LogP contribution in [0.4, 0.5) is 5.13 Å². The van der Waals surface area contributed by atoms with Crippen molar-refractivity contribution < 1.29 is 14.0 Å². The van der Waals surface area contributed by atoms with E-state index in [1.54, 1.807) is 17.0 Å². The minimum absolute atomic E-state index is 0.167. The van der Waals surface area contributed by atoms with Gasteiger partial charge in [-0.25, -0.2) is 9.97 Å². The largest absolute Gasteiger partial charge is 0.444 e. The highest BCUT2D eigenvalue weighted by Gasteiger charge is 2.27. The molecule has 0 bridgehead atoms. The van der Waals surface area contributed by atoms with Gasteiger partial charge in [0.1, 0.15) is 5.69 Å². The number of rotatable bonds is 3. The zero-order valence-corrected chi connectivity index (χ0v) is 15.7. The second kappa shape index (κ2) is 6.96. The molecule has 0 unspecified atom stereocenters. The minimum atomic E-state index is -0.363. The van der Waals surface area contributed by atoms with Gasteiger partial charge in [0.2, 0.25) is 0 Å². The highest BCUT2D eigenvalue weighted by molar-refractivity contribution is 9.10. The van der Waals surface area contributed by atoms with Crippen molar-refractivity contribution in [3.8, 4) is 0 Å². The van der Waals surface area contributed by atoms with Gasteiger partial charge in [-0.15, -0.1) is 0 Å². The first kappa shape index (κ1) is 16.9. The summed E-state index contributed by atoms with van der Waals surface area (Å²) < 4.78 is 5.86. The molecule has 26 heavy (non-hydrogen) atoms. The molecule has 0 spiro atoms. The molecule has 0 saturated carbocycles. The van der Waals surface area contributed by atoms with Gasteiger partial charge in [-0.2, -0.15) is 0 Å². The Bertz CT molecular complexity index is 971. The van der Waals surface area contributed by atoms with E-state index in [1.165, 1.54) is 29.9 Å². The zero-order chi connectivity index (χ0) is 18.1. The number of thiazole rings is 1. The van der Waals surface area contributed by atoms with E-state index in [-0.39, 0.29) is 17.5 Å². The number of nitrogens with zero attached hydrogens (tertiary/aromatic N) is 4. The molecule has 8 nitrogen and oxygen atoms in total. The van der Waals surface area contributed by atoms with Crippen LogP contribution in [-0.2, 0) is 13.0 Å². The molecule has 132 valence electrons. The standard InChI is InChI=1S/C16H12BrN5O3S/c17-13-2-1-11(25-13)15(24)22-6-3-9-12(8-22)26-16(20-9)21-14(23)10-7-18-4-5-19-10/h1-2,4-5,7H,3,6,8H2,(H,20,21,23). The van der Waals surface area contributed by atoms with Gasteiger partial charge in [0, 0.05) is 30.2 Å². The maximum absolute atomic E-state index is 12.5. The molecule has 0 aromatic carbocycles. The SMILES string of the molecule is O=C(Nc1nc2c(s1)CN(C(=O)c1ccc(Br)o1)CC2)c1cnccn1. The summed E-state index contributed by atoms with van der Waals surface area (Å²) in [6.45, 7) is 0.983. The summed E-state index contributed by atoms with van der Waals surface area (Å²) in [7, 11) is 0. The Hall–Kier alpha value is -2.59. The van der Waals surface area contributed by atoms with Crippen LogP contribution in [0.25, 0.3) is 0 Å². The molecule has 4 rings (SSSR count). The quantitative estimate of drug-likeness (QED) is 0.681. The summed E-state index contributed by atoms with van der Waals surface area (Å²) in [5.41, 5.74) is 1.12. The van der Waals surface area contributed by atoms with Crippen LogP contribution in [0.5, 0.6) is 0 Å². The van der Waals surface area contributed by atoms with E-state index in [0.29, 0.717) is 35.1 Å². The van der Waals surface area contributed by atoms with Crippen LogP contribution in [0.15, 0.2) is 39.8 Å². The van der Waals surface area contributed by atoms with Crippen LogP contribution in [-0.4, -0.2) is 38.2 Å². The number of hydrogen-bond donors (Lipinski definition) is 1. The molecule has 1 aliphatic rings. The highest BCUT2D eigenvalue weighted by Crippen LogP contribution is 2.29. The summed E-state index contributed by atoms with van der Waals surface area (Å²) in [5, 5.41) is 3.22. The van der Waals surface area contributed by atoms with Crippen molar-refractivity contribution in [2.24, 2.45) is 0 Å². The van der Waals surface area contributed by atoms with Crippen molar-refractivity contribution in [3.05, 3.63) is 57.4 Å². The maximum atomic E-state index is 12.5. The normalized spacial score (nSPS) is 13.3. The summed E-state index contributed by atoms with van der Waals surface area (Å²) in [6.07, 6.45) is 4.98. The molecule has 0 fully saturated rings. The molecule has 0 saturated heterocycles. The summed E-state index contributed by atoms with van der Waals surface area (Å²) in [6, 6.07) is 3.33. The summed E-state index contributed by atoms with van der Waals surface area (Å²) in [4.78, 5) is 39.6. The van der Waals surface area contributed by atoms with Crippen LogP contribution >= 0.6 is 27.3 Å². The number of anilines is 1. The third-order valence-corrected chi connectivity index (χ3v) is 5.24. The lowest BCUT2D eigenvalue weighted by Crippen LogP contribution is -2.35. The highest BCUT2D eigenvalue weighted by atomic mass is 79.9. The first-order chi connectivity index (χ1) is 12.6. The van der Waals surface area contributed by atoms with Crippen LogP contribution < -0.4 is 5.32 Å². The average Bonchev–Trinajstić information content (AvgIpc) is 3.26. The van der Waals surface area contributed by atoms with Crippen molar-refractivity contribution in [3.63, 3.8) is 0 Å². The first-order valence-electron chi connectivity index (χ1n) is 7.71. The Balaban J connectivity index is 1.47. The topological polar surface area (TPSA) is 101 Å². The van der Waals surface area contributed by atoms with Gasteiger partial charge in [0.15, 0.2) is 15.6 Å². The predicted octanol–water partition coefficient (Wildman–Crippen LogP) is 2.74. The molecule has 2 amide bonds. The molecular formula is C16H12BrN5O3S. The second-order valence-corrected chi connectivity index (χ2v) is 7.38. The fraction of sp³-hybridized carbons (Fsp3) is 0.188. The monoisotopic (exact) mass is 433 g/mol. The third-order valence-electron chi connectivity index (χ3n) is 3.82. The Morgan fingerprint density at radius 3 is 2.92 bits per heavy atom. The van der Waals surface area contributed by atoms with Crippen molar-refractivity contribution in [1.82, 2.24) is 19.9 Å².